The number of nitrogens with one attached hydrogen (secondary N) is 3. The smallest absolute Gasteiger partial charge is 0.228 e. The van der Waals surface area contributed by atoms with Crippen molar-refractivity contribution in [2.75, 3.05) is 18.4 Å². The molecule has 2 amide bonds. The van der Waals surface area contributed by atoms with Crippen molar-refractivity contribution in [2.24, 2.45) is 0 Å². The maximum atomic E-state index is 12.3. The van der Waals surface area contributed by atoms with Crippen molar-refractivity contribution in [1.29, 1.82) is 0 Å². The number of hydrogen-bond donors (Lipinski definition) is 3. The molecule has 0 bridgehead atoms. The van der Waals surface area contributed by atoms with Gasteiger partial charge in [0.2, 0.25) is 11.8 Å². The molecule has 0 radical (unpaired) electrons. The summed E-state index contributed by atoms with van der Waals surface area (Å²) in [5.41, 5.74) is 1.66. The number of carbonyl (C=O) groups excluding carboxylic acids is 2. The van der Waals surface area contributed by atoms with Crippen molar-refractivity contribution in [3.05, 3.63) is 29.8 Å². The van der Waals surface area contributed by atoms with Crippen molar-refractivity contribution in [2.45, 2.75) is 31.2 Å². The van der Waals surface area contributed by atoms with Crippen molar-refractivity contribution < 1.29 is 9.59 Å². The molecule has 2 unspecified atom stereocenters. The molecule has 1 saturated heterocycles. The van der Waals surface area contributed by atoms with Crippen molar-refractivity contribution in [1.82, 2.24) is 10.6 Å². The van der Waals surface area contributed by atoms with Crippen LogP contribution in [0, 0.1) is 0 Å². The zero-order valence-electron chi connectivity index (χ0n) is 11.3. The molecule has 2 aliphatic rings. The molecule has 2 aliphatic heterocycles. The van der Waals surface area contributed by atoms with Gasteiger partial charge >= 0.3 is 0 Å². The van der Waals surface area contributed by atoms with Gasteiger partial charge in [0.15, 0.2) is 0 Å². The summed E-state index contributed by atoms with van der Waals surface area (Å²) >= 11 is 0. The zero-order valence-corrected chi connectivity index (χ0v) is 11.3. The van der Waals surface area contributed by atoms with E-state index in [9.17, 15) is 9.59 Å². The number of anilines is 1. The van der Waals surface area contributed by atoms with E-state index in [4.69, 9.17) is 0 Å². The molecule has 2 atom stereocenters. The number of rotatable bonds is 3. The fourth-order valence-corrected chi connectivity index (χ4v) is 2.92. The van der Waals surface area contributed by atoms with Crippen molar-refractivity contribution in [3.63, 3.8) is 0 Å². The molecule has 1 aromatic carbocycles. The Labute approximate surface area is 118 Å². The molecule has 5 nitrogen and oxygen atoms in total. The van der Waals surface area contributed by atoms with Crippen LogP contribution < -0.4 is 16.0 Å². The summed E-state index contributed by atoms with van der Waals surface area (Å²) in [5, 5.41) is 9.13. The van der Waals surface area contributed by atoms with Gasteiger partial charge in [0, 0.05) is 24.7 Å². The zero-order chi connectivity index (χ0) is 13.9. The van der Waals surface area contributed by atoms with E-state index in [2.05, 4.69) is 16.0 Å². The second-order valence-electron chi connectivity index (χ2n) is 5.43. The summed E-state index contributed by atoms with van der Waals surface area (Å²) in [6.45, 7) is 1.66. The Balaban J connectivity index is 1.69. The summed E-state index contributed by atoms with van der Waals surface area (Å²) in [4.78, 5) is 24.0. The predicted octanol–water partition coefficient (Wildman–Crippen LogP) is 0.981. The van der Waals surface area contributed by atoms with Gasteiger partial charge in [-0.25, -0.2) is 0 Å². The fourth-order valence-electron chi connectivity index (χ4n) is 2.92. The standard InChI is InChI=1S/C15H19N3O2/c19-14-8-12(11-5-1-2-6-13(11)18-14)15(20)17-9-10-4-3-7-16-10/h1-2,5-6,10,12,16H,3-4,7-9H2,(H,17,20)(H,18,19). The number of hydrogen-bond acceptors (Lipinski definition) is 3. The molecule has 2 heterocycles. The van der Waals surface area contributed by atoms with E-state index in [0.717, 1.165) is 30.6 Å². The molecule has 1 fully saturated rings. The van der Waals surface area contributed by atoms with E-state index in [1.807, 2.05) is 24.3 Å². The van der Waals surface area contributed by atoms with Crippen LogP contribution >= 0.6 is 0 Å². The van der Waals surface area contributed by atoms with E-state index in [1.54, 1.807) is 0 Å². The number of carbonyl (C=O) groups is 2. The van der Waals surface area contributed by atoms with E-state index < -0.39 is 0 Å². The molecule has 3 N–H and O–H groups in total. The third-order valence-corrected chi connectivity index (χ3v) is 4.00. The van der Waals surface area contributed by atoms with E-state index in [-0.39, 0.29) is 24.2 Å². The lowest BCUT2D eigenvalue weighted by molar-refractivity contribution is -0.126. The molecule has 3 rings (SSSR count). The minimum absolute atomic E-state index is 0.0546. The van der Waals surface area contributed by atoms with E-state index in [0.29, 0.717) is 12.6 Å². The number of para-hydroxylation sites is 1. The van der Waals surface area contributed by atoms with Crippen LogP contribution in [0.4, 0.5) is 5.69 Å². The second kappa shape index (κ2) is 5.63. The van der Waals surface area contributed by atoms with Crippen LogP contribution in [0.1, 0.15) is 30.7 Å². The molecule has 0 aromatic heterocycles. The van der Waals surface area contributed by atoms with E-state index in [1.165, 1.54) is 0 Å². The van der Waals surface area contributed by atoms with Crippen LogP contribution in [0.5, 0.6) is 0 Å². The largest absolute Gasteiger partial charge is 0.354 e. The summed E-state index contributed by atoms with van der Waals surface area (Å²) in [7, 11) is 0. The van der Waals surface area contributed by atoms with Crippen molar-refractivity contribution >= 4 is 17.5 Å². The van der Waals surface area contributed by atoms with Gasteiger partial charge in [-0.2, -0.15) is 0 Å². The first kappa shape index (κ1) is 13.1. The second-order valence-corrected chi connectivity index (χ2v) is 5.43. The molecule has 0 aliphatic carbocycles. The maximum Gasteiger partial charge on any atom is 0.228 e. The minimum atomic E-state index is -0.374. The third kappa shape index (κ3) is 2.67. The molecule has 1 aromatic rings. The Morgan fingerprint density at radius 1 is 1.35 bits per heavy atom. The average molecular weight is 273 g/mol. The van der Waals surface area contributed by atoms with Gasteiger partial charge in [0.1, 0.15) is 0 Å². The maximum absolute atomic E-state index is 12.3. The van der Waals surface area contributed by atoms with Crippen LogP contribution in [-0.2, 0) is 9.59 Å². The first-order chi connectivity index (χ1) is 9.74. The highest BCUT2D eigenvalue weighted by atomic mass is 16.2. The van der Waals surface area contributed by atoms with Gasteiger partial charge in [-0.05, 0) is 31.0 Å². The highest BCUT2D eigenvalue weighted by molar-refractivity contribution is 6.01. The number of amides is 2. The SMILES string of the molecule is O=C1CC(C(=O)NCC2CCCN2)c2ccccc2N1. The minimum Gasteiger partial charge on any atom is -0.354 e. The van der Waals surface area contributed by atoms with Gasteiger partial charge in [-0.15, -0.1) is 0 Å². The summed E-state index contributed by atoms with van der Waals surface area (Å²) in [6, 6.07) is 7.88. The Bertz CT molecular complexity index is 524. The normalized spacial score (nSPS) is 24.9. The lowest BCUT2D eigenvalue weighted by atomic mass is 9.90. The Hall–Kier alpha value is -1.88. The first-order valence-electron chi connectivity index (χ1n) is 7.14. The molecule has 0 spiro atoms. The Kier molecular flexibility index (Phi) is 3.69. The van der Waals surface area contributed by atoms with Crippen LogP contribution in [-0.4, -0.2) is 30.9 Å². The quantitative estimate of drug-likeness (QED) is 0.769. The lowest BCUT2D eigenvalue weighted by Crippen LogP contribution is -2.41. The molecular formula is C15H19N3O2. The fraction of sp³-hybridized carbons (Fsp3) is 0.467. The van der Waals surface area contributed by atoms with Gasteiger partial charge in [-0.3, -0.25) is 9.59 Å². The monoisotopic (exact) mass is 273 g/mol. The van der Waals surface area contributed by atoms with Gasteiger partial charge < -0.3 is 16.0 Å². The highest BCUT2D eigenvalue weighted by Gasteiger charge is 2.30. The first-order valence-corrected chi connectivity index (χ1v) is 7.14. The van der Waals surface area contributed by atoms with Crippen LogP contribution in [0.25, 0.3) is 0 Å². The van der Waals surface area contributed by atoms with Crippen molar-refractivity contribution in [3.8, 4) is 0 Å². The van der Waals surface area contributed by atoms with Crippen LogP contribution in [0.3, 0.4) is 0 Å². The molecular weight excluding hydrogens is 254 g/mol. The Morgan fingerprint density at radius 3 is 3.00 bits per heavy atom. The van der Waals surface area contributed by atoms with Gasteiger partial charge in [0.25, 0.3) is 0 Å². The highest BCUT2D eigenvalue weighted by Crippen LogP contribution is 2.31. The van der Waals surface area contributed by atoms with Crippen LogP contribution in [0.2, 0.25) is 0 Å². The number of benzene rings is 1. The Morgan fingerprint density at radius 2 is 2.20 bits per heavy atom. The molecule has 0 saturated carbocycles. The van der Waals surface area contributed by atoms with Gasteiger partial charge in [0.05, 0.1) is 5.92 Å². The lowest BCUT2D eigenvalue weighted by Gasteiger charge is -2.25. The molecule has 5 heteroatoms. The summed E-state index contributed by atoms with van der Waals surface area (Å²) < 4.78 is 0. The predicted molar refractivity (Wildman–Crippen MR) is 76.5 cm³/mol. The molecule has 106 valence electrons. The topological polar surface area (TPSA) is 70.2 Å². The van der Waals surface area contributed by atoms with Gasteiger partial charge in [-0.1, -0.05) is 18.2 Å². The molecule has 20 heavy (non-hydrogen) atoms. The third-order valence-electron chi connectivity index (χ3n) is 4.00. The average Bonchev–Trinajstić information content (AvgIpc) is 2.97. The summed E-state index contributed by atoms with van der Waals surface area (Å²) in [6.07, 6.45) is 2.48. The summed E-state index contributed by atoms with van der Waals surface area (Å²) in [5.74, 6) is -0.523. The van der Waals surface area contributed by atoms with E-state index >= 15 is 0 Å². The van der Waals surface area contributed by atoms with Crippen LogP contribution in [0.15, 0.2) is 24.3 Å². The number of fused-ring (bicyclic) bond motifs is 1.